The average Bonchev–Trinajstić information content (AvgIpc) is 2.91. The summed E-state index contributed by atoms with van der Waals surface area (Å²) in [5.74, 6) is -0.251. The van der Waals surface area contributed by atoms with E-state index >= 15 is 0 Å². The van der Waals surface area contributed by atoms with Gasteiger partial charge in [0.15, 0.2) is 11.5 Å². The average molecular weight is 643 g/mol. The van der Waals surface area contributed by atoms with Crippen LogP contribution in [-0.4, -0.2) is 36.5 Å². The molecule has 0 bridgehead atoms. The van der Waals surface area contributed by atoms with Gasteiger partial charge in [-0.15, -0.1) is 0 Å². The summed E-state index contributed by atoms with van der Waals surface area (Å²) in [6.07, 6.45) is 1.37. The van der Waals surface area contributed by atoms with E-state index in [9.17, 15) is 24.5 Å². The van der Waals surface area contributed by atoms with Gasteiger partial charge in [0.25, 0.3) is 17.5 Å². The standard InChI is InChI=1S/C27H22IN3O8/c1-3-38-20-10-8-18(9-11-20)30-26(33)21(25(32)29-27(30)34)12-17-13-22(28)24(23(14-17)37-2)39-15-16-4-6-19(7-5-16)31(35)36/h4-14H,3,15H2,1-2H3,(H,29,32,34)/b21-12-. The second-order valence-corrected chi connectivity index (χ2v) is 9.29. The molecule has 0 spiro atoms. The minimum Gasteiger partial charge on any atom is -0.494 e. The third kappa shape index (κ3) is 6.17. The van der Waals surface area contributed by atoms with Gasteiger partial charge in [-0.25, -0.2) is 9.69 Å². The SMILES string of the molecule is CCOc1ccc(N2C(=O)NC(=O)/C(=C/c3cc(I)c(OCc4ccc([N+](=O)[O-])cc4)c(OC)c3)C2=O)cc1. The number of methoxy groups -OCH3 is 1. The van der Waals surface area contributed by atoms with Gasteiger partial charge in [0.05, 0.1) is 27.9 Å². The largest absolute Gasteiger partial charge is 0.494 e. The van der Waals surface area contributed by atoms with Crippen LogP contribution in [0.2, 0.25) is 0 Å². The number of nitrogens with one attached hydrogen (secondary N) is 1. The number of amides is 4. The van der Waals surface area contributed by atoms with E-state index in [1.54, 1.807) is 48.5 Å². The highest BCUT2D eigenvalue weighted by molar-refractivity contribution is 14.1. The molecule has 3 aromatic carbocycles. The molecule has 0 unspecified atom stereocenters. The summed E-state index contributed by atoms with van der Waals surface area (Å²) < 4.78 is 17.4. The molecule has 4 amide bonds. The number of hydrogen-bond donors (Lipinski definition) is 1. The van der Waals surface area contributed by atoms with Crippen LogP contribution in [-0.2, 0) is 16.2 Å². The van der Waals surface area contributed by atoms with Crippen LogP contribution in [0.4, 0.5) is 16.2 Å². The van der Waals surface area contributed by atoms with Crippen LogP contribution in [0.15, 0.2) is 66.2 Å². The van der Waals surface area contributed by atoms with Gasteiger partial charge in [0.1, 0.15) is 17.9 Å². The molecule has 11 nitrogen and oxygen atoms in total. The van der Waals surface area contributed by atoms with Gasteiger partial charge >= 0.3 is 6.03 Å². The number of nitrogens with zero attached hydrogens (tertiary/aromatic N) is 2. The molecule has 39 heavy (non-hydrogen) atoms. The summed E-state index contributed by atoms with van der Waals surface area (Å²) in [6, 6.07) is 14.8. The molecule has 1 heterocycles. The van der Waals surface area contributed by atoms with Crippen LogP contribution in [0.1, 0.15) is 18.1 Å². The summed E-state index contributed by atoms with van der Waals surface area (Å²) >= 11 is 2.04. The number of nitro groups is 1. The summed E-state index contributed by atoms with van der Waals surface area (Å²) in [4.78, 5) is 49.6. The van der Waals surface area contributed by atoms with Crippen LogP contribution < -0.4 is 24.4 Å². The Bertz CT molecular complexity index is 1470. The lowest BCUT2D eigenvalue weighted by Crippen LogP contribution is -2.54. The van der Waals surface area contributed by atoms with Crippen LogP contribution >= 0.6 is 22.6 Å². The van der Waals surface area contributed by atoms with E-state index in [4.69, 9.17) is 14.2 Å². The third-order valence-corrected chi connectivity index (χ3v) is 6.40. The van der Waals surface area contributed by atoms with Crippen molar-refractivity contribution in [2.75, 3.05) is 18.6 Å². The molecular formula is C27H22IN3O8. The molecule has 200 valence electrons. The molecule has 1 aliphatic heterocycles. The number of urea groups is 1. The predicted octanol–water partition coefficient (Wildman–Crippen LogP) is 4.85. The lowest BCUT2D eigenvalue weighted by atomic mass is 10.1. The number of rotatable bonds is 9. The number of nitro benzene ring substituents is 1. The monoisotopic (exact) mass is 643 g/mol. The van der Waals surface area contributed by atoms with E-state index in [2.05, 4.69) is 5.32 Å². The topological polar surface area (TPSA) is 137 Å². The van der Waals surface area contributed by atoms with Crippen molar-refractivity contribution >= 4 is 57.9 Å². The fraction of sp³-hybridized carbons (Fsp3) is 0.148. The quantitative estimate of drug-likeness (QED) is 0.115. The molecule has 12 heteroatoms. The third-order valence-electron chi connectivity index (χ3n) is 5.60. The summed E-state index contributed by atoms with van der Waals surface area (Å²) in [6.45, 7) is 2.43. The highest BCUT2D eigenvalue weighted by atomic mass is 127. The van der Waals surface area contributed by atoms with E-state index < -0.39 is 22.8 Å². The maximum atomic E-state index is 13.2. The number of barbiturate groups is 1. The predicted molar refractivity (Wildman–Crippen MR) is 150 cm³/mol. The van der Waals surface area contributed by atoms with E-state index in [1.807, 2.05) is 29.5 Å². The van der Waals surface area contributed by atoms with Crippen molar-refractivity contribution in [3.8, 4) is 17.2 Å². The van der Waals surface area contributed by atoms with Crippen molar-refractivity contribution in [2.45, 2.75) is 13.5 Å². The Hall–Kier alpha value is -4.46. The van der Waals surface area contributed by atoms with Gasteiger partial charge in [-0.2, -0.15) is 0 Å². The van der Waals surface area contributed by atoms with E-state index in [0.717, 1.165) is 4.90 Å². The van der Waals surface area contributed by atoms with Crippen molar-refractivity contribution in [3.63, 3.8) is 0 Å². The molecule has 0 atom stereocenters. The number of halogens is 1. The zero-order chi connectivity index (χ0) is 28.1. The second kappa shape index (κ2) is 11.9. The first-order valence-electron chi connectivity index (χ1n) is 11.6. The summed E-state index contributed by atoms with van der Waals surface area (Å²) in [7, 11) is 1.45. The van der Waals surface area contributed by atoms with Crippen LogP contribution in [0, 0.1) is 13.7 Å². The maximum Gasteiger partial charge on any atom is 0.335 e. The molecule has 1 saturated heterocycles. The first kappa shape index (κ1) is 27.6. The maximum absolute atomic E-state index is 13.2. The number of ether oxygens (including phenoxy) is 3. The summed E-state index contributed by atoms with van der Waals surface area (Å²) in [5, 5.41) is 13.1. The van der Waals surface area contributed by atoms with Gasteiger partial charge < -0.3 is 14.2 Å². The minimum absolute atomic E-state index is 0.0209. The normalized spacial score (nSPS) is 14.3. The van der Waals surface area contributed by atoms with Gasteiger partial charge in [-0.3, -0.25) is 25.0 Å². The fourth-order valence-corrected chi connectivity index (χ4v) is 4.53. The van der Waals surface area contributed by atoms with Crippen molar-refractivity contribution in [1.82, 2.24) is 5.32 Å². The molecular weight excluding hydrogens is 621 g/mol. The Labute approximate surface area is 236 Å². The van der Waals surface area contributed by atoms with Crippen LogP contribution in [0.5, 0.6) is 17.2 Å². The second-order valence-electron chi connectivity index (χ2n) is 8.13. The number of benzene rings is 3. The van der Waals surface area contributed by atoms with E-state index in [0.29, 0.717) is 38.6 Å². The van der Waals surface area contributed by atoms with Crippen LogP contribution in [0.3, 0.4) is 0 Å². The molecule has 0 saturated carbocycles. The molecule has 1 N–H and O–H groups in total. The van der Waals surface area contributed by atoms with E-state index in [1.165, 1.54) is 25.3 Å². The fourth-order valence-electron chi connectivity index (χ4n) is 3.75. The van der Waals surface area contributed by atoms with Crippen LogP contribution in [0.25, 0.3) is 6.08 Å². The Balaban J connectivity index is 1.58. The molecule has 4 rings (SSSR count). The van der Waals surface area contributed by atoms with Crippen molar-refractivity contribution < 1.29 is 33.5 Å². The number of hydrogen-bond acceptors (Lipinski definition) is 8. The van der Waals surface area contributed by atoms with E-state index in [-0.39, 0.29) is 23.6 Å². The molecule has 0 aromatic heterocycles. The van der Waals surface area contributed by atoms with Gasteiger partial charge in [0.2, 0.25) is 0 Å². The number of imide groups is 2. The van der Waals surface area contributed by atoms with Gasteiger partial charge in [-0.1, -0.05) is 0 Å². The van der Waals surface area contributed by atoms with Crippen molar-refractivity contribution in [1.29, 1.82) is 0 Å². The zero-order valence-corrected chi connectivity index (χ0v) is 23.0. The first-order chi connectivity index (χ1) is 18.7. The molecule has 0 radical (unpaired) electrons. The Morgan fingerprint density at radius 1 is 1.03 bits per heavy atom. The highest BCUT2D eigenvalue weighted by Crippen LogP contribution is 2.36. The molecule has 1 fully saturated rings. The number of non-ortho nitro benzene ring substituents is 1. The number of carbonyl (C=O) groups excluding carboxylic acids is 3. The zero-order valence-electron chi connectivity index (χ0n) is 20.8. The lowest BCUT2D eigenvalue weighted by Gasteiger charge is -2.26. The van der Waals surface area contributed by atoms with Crippen molar-refractivity contribution in [2.24, 2.45) is 0 Å². The first-order valence-corrected chi connectivity index (χ1v) is 12.7. The van der Waals surface area contributed by atoms with Gasteiger partial charge in [0, 0.05) is 12.1 Å². The summed E-state index contributed by atoms with van der Waals surface area (Å²) in [5.41, 5.74) is 1.21. The highest BCUT2D eigenvalue weighted by Gasteiger charge is 2.37. The molecule has 3 aromatic rings. The minimum atomic E-state index is -0.853. The molecule has 1 aliphatic rings. The lowest BCUT2D eigenvalue weighted by molar-refractivity contribution is -0.384. The Morgan fingerprint density at radius 2 is 1.72 bits per heavy atom. The Morgan fingerprint density at radius 3 is 2.33 bits per heavy atom. The van der Waals surface area contributed by atoms with Gasteiger partial charge in [-0.05, 0) is 95.2 Å². The molecule has 0 aliphatic carbocycles. The Kier molecular flexibility index (Phi) is 8.44. The number of anilines is 1. The number of carbonyl (C=O) groups is 3. The smallest absolute Gasteiger partial charge is 0.335 e. The van der Waals surface area contributed by atoms with Crippen molar-refractivity contribution in [3.05, 3.63) is 91.0 Å².